The Morgan fingerprint density at radius 2 is 2.33 bits per heavy atom. The van der Waals surface area contributed by atoms with E-state index in [1.54, 1.807) is 0 Å². The van der Waals surface area contributed by atoms with Crippen molar-refractivity contribution in [2.45, 2.75) is 13.0 Å². The lowest BCUT2D eigenvalue weighted by molar-refractivity contribution is 1.98. The molecule has 0 heterocycles. The Balaban J connectivity index is 2.34. The summed E-state index contributed by atoms with van der Waals surface area (Å²) in [6, 6.07) is 0. The summed E-state index contributed by atoms with van der Waals surface area (Å²) in [5.41, 5.74) is 0. The average Bonchev–Trinajstić information content (AvgIpc) is 1.61. The first-order valence-electron chi connectivity index (χ1n) is 1.95. The first-order chi connectivity index (χ1) is 2.91. The van der Waals surface area contributed by atoms with Gasteiger partial charge >= 0.3 is 0 Å². The van der Waals surface area contributed by atoms with Gasteiger partial charge in [-0.2, -0.15) is 0 Å². The highest BCUT2D eigenvalue weighted by atomic mass is 35.5. The average molecular weight is 97.0 g/mol. The minimum atomic E-state index is 0.976. The van der Waals surface area contributed by atoms with Gasteiger partial charge in [-0.15, -0.1) is 6.22 Å². The second-order valence-electron chi connectivity index (χ2n) is 1.01. The SMILES string of the molecule is C[B]C[B][B]Cl. The summed E-state index contributed by atoms with van der Waals surface area (Å²) in [6.45, 7) is 3.52. The van der Waals surface area contributed by atoms with Crippen LogP contribution >= 0.6 is 11.5 Å². The first-order valence-corrected chi connectivity index (χ1v) is 2.38. The van der Waals surface area contributed by atoms with E-state index in [2.05, 4.69) is 0 Å². The molecule has 0 rings (SSSR count). The second-order valence-corrected chi connectivity index (χ2v) is 1.26. The Morgan fingerprint density at radius 3 is 2.50 bits per heavy atom. The van der Waals surface area contributed by atoms with Crippen LogP contribution in [-0.2, 0) is 0 Å². The predicted molar refractivity (Wildman–Crippen MR) is 33.8 cm³/mol. The zero-order valence-electron chi connectivity index (χ0n) is 3.82. The van der Waals surface area contributed by atoms with Gasteiger partial charge in [0.1, 0.15) is 0 Å². The molecule has 0 aromatic rings. The Morgan fingerprint density at radius 1 is 1.67 bits per heavy atom. The molecule has 3 radical (unpaired) electrons. The van der Waals surface area contributed by atoms with Gasteiger partial charge in [0.15, 0.2) is 6.59 Å². The molecule has 0 bridgehead atoms. The maximum absolute atomic E-state index is 5.18. The van der Waals surface area contributed by atoms with E-state index in [-0.39, 0.29) is 0 Å². The molecule has 0 nitrogen and oxygen atoms in total. The molecule has 0 aliphatic carbocycles. The van der Waals surface area contributed by atoms with E-state index in [4.69, 9.17) is 11.5 Å². The maximum Gasteiger partial charge on any atom is 0.189 e. The smallest absolute Gasteiger partial charge is 0.189 e. The van der Waals surface area contributed by atoms with Gasteiger partial charge in [-0.1, -0.05) is 6.82 Å². The zero-order chi connectivity index (χ0) is 4.83. The van der Waals surface area contributed by atoms with Crippen LogP contribution in [0.25, 0.3) is 0 Å². The summed E-state index contributed by atoms with van der Waals surface area (Å²) in [6.07, 6.45) is 0.976. The van der Waals surface area contributed by atoms with Crippen molar-refractivity contribution in [3.05, 3.63) is 0 Å². The Hall–Kier alpha value is 0.485. The van der Waals surface area contributed by atoms with Gasteiger partial charge in [-0.05, 0) is 0 Å². The van der Waals surface area contributed by atoms with Crippen LogP contribution in [-0.4, -0.2) is 21.0 Å². The van der Waals surface area contributed by atoms with Crippen molar-refractivity contribution in [3.8, 4) is 0 Å². The molecule has 0 fully saturated rings. The molecule has 0 saturated carbocycles. The fourth-order valence-corrected chi connectivity index (χ4v) is 0.290. The molecular formula is C2H5B3Cl. The van der Waals surface area contributed by atoms with Crippen LogP contribution in [0, 0.1) is 0 Å². The van der Waals surface area contributed by atoms with E-state index in [9.17, 15) is 0 Å². The van der Waals surface area contributed by atoms with Gasteiger partial charge in [0, 0.05) is 0 Å². The zero-order valence-corrected chi connectivity index (χ0v) is 4.57. The molecule has 0 unspecified atom stereocenters. The van der Waals surface area contributed by atoms with Gasteiger partial charge in [0.25, 0.3) is 0 Å². The molecule has 0 aromatic carbocycles. The summed E-state index contributed by atoms with van der Waals surface area (Å²) < 4.78 is 0. The molecule has 0 N–H and O–H groups in total. The van der Waals surface area contributed by atoms with Crippen molar-refractivity contribution in [2.75, 3.05) is 0 Å². The van der Waals surface area contributed by atoms with E-state index in [0.29, 0.717) is 0 Å². The van der Waals surface area contributed by atoms with E-state index in [1.807, 2.05) is 21.3 Å². The number of hydrogen-bond acceptors (Lipinski definition) is 0. The largest absolute Gasteiger partial charge is 0.216 e. The van der Waals surface area contributed by atoms with Gasteiger partial charge in [0.05, 0.1) is 14.4 Å². The van der Waals surface area contributed by atoms with Crippen molar-refractivity contribution in [2.24, 2.45) is 0 Å². The van der Waals surface area contributed by atoms with Crippen molar-refractivity contribution >= 4 is 32.5 Å². The van der Waals surface area contributed by atoms with Crippen molar-refractivity contribution in [3.63, 3.8) is 0 Å². The fraction of sp³-hybridized carbons (Fsp3) is 1.00. The van der Waals surface area contributed by atoms with Gasteiger partial charge < -0.3 is 0 Å². The Bertz CT molecular complexity index is 20.8. The number of halogens is 1. The van der Waals surface area contributed by atoms with E-state index in [0.717, 1.165) is 6.22 Å². The minimum absolute atomic E-state index is 0.976. The molecule has 0 aliphatic heterocycles. The van der Waals surface area contributed by atoms with Gasteiger partial charge in [0.2, 0.25) is 0 Å². The van der Waals surface area contributed by atoms with Crippen LogP contribution in [0.3, 0.4) is 0 Å². The summed E-state index contributed by atoms with van der Waals surface area (Å²) in [7, 11) is 3.93. The Labute approximate surface area is 46.3 Å². The molecule has 6 heavy (non-hydrogen) atoms. The second kappa shape index (κ2) is 5.48. The van der Waals surface area contributed by atoms with Crippen LogP contribution in [0.4, 0.5) is 0 Å². The highest BCUT2D eigenvalue weighted by molar-refractivity contribution is 7.27. The highest BCUT2D eigenvalue weighted by Crippen LogP contribution is 1.73. The van der Waals surface area contributed by atoms with Crippen molar-refractivity contribution in [1.29, 1.82) is 0 Å². The van der Waals surface area contributed by atoms with E-state index >= 15 is 0 Å². The fourth-order valence-electron chi connectivity index (χ4n) is 0.188. The van der Waals surface area contributed by atoms with Crippen LogP contribution < -0.4 is 0 Å². The van der Waals surface area contributed by atoms with Crippen LogP contribution in [0.2, 0.25) is 13.0 Å². The third-order valence-electron chi connectivity index (χ3n) is 0.461. The monoisotopic (exact) mass is 97.0 g/mol. The minimum Gasteiger partial charge on any atom is -0.216 e. The van der Waals surface area contributed by atoms with Crippen molar-refractivity contribution < 1.29 is 0 Å². The van der Waals surface area contributed by atoms with Gasteiger partial charge in [-0.25, -0.2) is 11.5 Å². The summed E-state index contributed by atoms with van der Waals surface area (Å²) in [4.78, 5) is 0. The number of hydrogen-bond donors (Lipinski definition) is 0. The number of rotatable bonds is 3. The molecular weight excluding hydrogens is 91.9 g/mol. The third-order valence-corrected chi connectivity index (χ3v) is 0.639. The highest BCUT2D eigenvalue weighted by Gasteiger charge is 1.84. The molecule has 0 atom stereocenters. The lowest BCUT2D eigenvalue weighted by Crippen LogP contribution is -1.97. The summed E-state index contributed by atoms with van der Waals surface area (Å²) in [5.74, 6) is 0. The van der Waals surface area contributed by atoms with Crippen LogP contribution in [0.5, 0.6) is 0 Å². The third kappa shape index (κ3) is 4.48. The van der Waals surface area contributed by atoms with E-state index in [1.165, 1.54) is 6.59 Å². The van der Waals surface area contributed by atoms with Crippen molar-refractivity contribution in [1.82, 2.24) is 0 Å². The molecule has 29 valence electrons. The predicted octanol–water partition coefficient (Wildman–Crippen LogP) is 0.592. The molecule has 0 spiro atoms. The lowest BCUT2D eigenvalue weighted by Gasteiger charge is -1.78. The van der Waals surface area contributed by atoms with Crippen LogP contribution in [0.1, 0.15) is 0 Å². The summed E-state index contributed by atoms with van der Waals surface area (Å²) >= 11 is 5.18. The molecule has 0 saturated heterocycles. The summed E-state index contributed by atoms with van der Waals surface area (Å²) in [5, 5.41) is 0. The van der Waals surface area contributed by atoms with E-state index < -0.39 is 0 Å². The van der Waals surface area contributed by atoms with Crippen LogP contribution in [0.15, 0.2) is 0 Å². The molecule has 0 aromatic heterocycles. The standard InChI is InChI=1S/C2H5B3Cl/c1-3-2-4-5-6/h2H2,1H3. The first kappa shape index (κ1) is 6.48. The lowest BCUT2D eigenvalue weighted by atomic mass is 9.43. The molecule has 0 amide bonds. The molecule has 0 aliphatic rings. The maximum atomic E-state index is 5.18. The normalized spacial score (nSPS) is 7.00. The topological polar surface area (TPSA) is 0 Å². The Kier molecular flexibility index (Phi) is 5.93. The molecule has 4 heteroatoms. The van der Waals surface area contributed by atoms with Gasteiger partial charge in [-0.3, -0.25) is 0 Å². The quantitative estimate of drug-likeness (QED) is 0.357.